The van der Waals surface area contributed by atoms with Crippen LogP contribution in [-0.2, 0) is 17.9 Å². The molecule has 1 atom stereocenters. The molecule has 6 rings (SSSR count). The summed E-state index contributed by atoms with van der Waals surface area (Å²) in [6.07, 6.45) is 0.0746. The van der Waals surface area contributed by atoms with E-state index >= 15 is 0 Å². The van der Waals surface area contributed by atoms with Gasteiger partial charge in [0.05, 0.1) is 13.0 Å². The Morgan fingerprint density at radius 2 is 1.65 bits per heavy atom. The first-order valence-corrected chi connectivity index (χ1v) is 12.5. The first kappa shape index (κ1) is 22.9. The molecule has 0 aliphatic carbocycles. The Balaban J connectivity index is 1.16. The molecule has 0 saturated heterocycles. The predicted octanol–water partition coefficient (Wildman–Crippen LogP) is 6.89. The molecule has 1 unspecified atom stereocenters. The molecule has 1 aliphatic rings. The van der Waals surface area contributed by atoms with Crippen molar-refractivity contribution < 1.29 is 19.4 Å². The lowest BCUT2D eigenvalue weighted by Crippen LogP contribution is -2.07. The smallest absolute Gasteiger partial charge is 0.304 e. The van der Waals surface area contributed by atoms with Crippen molar-refractivity contribution in [1.82, 2.24) is 4.57 Å². The maximum absolute atomic E-state index is 11.1. The van der Waals surface area contributed by atoms with Crippen molar-refractivity contribution in [3.8, 4) is 22.8 Å². The molecule has 37 heavy (non-hydrogen) atoms. The van der Waals surface area contributed by atoms with Crippen LogP contribution in [0.15, 0.2) is 103 Å². The van der Waals surface area contributed by atoms with Gasteiger partial charge in [-0.3, -0.25) is 4.79 Å². The van der Waals surface area contributed by atoms with Gasteiger partial charge < -0.3 is 19.1 Å². The van der Waals surface area contributed by atoms with E-state index in [2.05, 4.69) is 83.4 Å². The summed E-state index contributed by atoms with van der Waals surface area (Å²) >= 11 is 0. The SMILES string of the molecule is O=C(O)CC1COc2cc(OCc3ccc(Cn4c(-c5ccccc5)cc5ccccc54)cc3)ccc21. The van der Waals surface area contributed by atoms with Gasteiger partial charge in [-0.1, -0.05) is 78.9 Å². The van der Waals surface area contributed by atoms with Crippen molar-refractivity contribution in [3.63, 3.8) is 0 Å². The van der Waals surface area contributed by atoms with Gasteiger partial charge in [0.15, 0.2) is 0 Å². The third-order valence-electron chi connectivity index (χ3n) is 6.94. The molecule has 1 N–H and O–H groups in total. The van der Waals surface area contributed by atoms with Crippen LogP contribution in [0.4, 0.5) is 0 Å². The summed E-state index contributed by atoms with van der Waals surface area (Å²) < 4.78 is 14.1. The maximum Gasteiger partial charge on any atom is 0.304 e. The first-order valence-electron chi connectivity index (χ1n) is 12.5. The molecule has 0 spiro atoms. The van der Waals surface area contributed by atoms with E-state index in [1.165, 1.54) is 27.7 Å². The van der Waals surface area contributed by atoms with E-state index in [4.69, 9.17) is 14.6 Å². The summed E-state index contributed by atoms with van der Waals surface area (Å²) in [7, 11) is 0. The molecule has 5 heteroatoms. The lowest BCUT2D eigenvalue weighted by molar-refractivity contribution is -0.137. The molecule has 4 aromatic carbocycles. The van der Waals surface area contributed by atoms with Gasteiger partial charge in [0.1, 0.15) is 18.1 Å². The lowest BCUT2D eigenvalue weighted by Gasteiger charge is -2.13. The third-order valence-corrected chi connectivity index (χ3v) is 6.94. The summed E-state index contributed by atoms with van der Waals surface area (Å²) in [6, 6.07) is 35.5. The third kappa shape index (κ3) is 4.81. The number of aliphatic carboxylic acids is 1. The van der Waals surface area contributed by atoms with Crippen LogP contribution in [0.1, 0.15) is 29.0 Å². The van der Waals surface area contributed by atoms with Gasteiger partial charge in [-0.25, -0.2) is 0 Å². The van der Waals surface area contributed by atoms with Crippen molar-refractivity contribution in [2.75, 3.05) is 6.61 Å². The minimum Gasteiger partial charge on any atom is -0.492 e. The zero-order valence-electron chi connectivity index (χ0n) is 20.3. The zero-order chi connectivity index (χ0) is 25.2. The average molecular weight is 490 g/mol. The molecule has 5 aromatic rings. The number of fused-ring (bicyclic) bond motifs is 2. The number of rotatable bonds is 8. The van der Waals surface area contributed by atoms with Crippen LogP contribution in [-0.4, -0.2) is 22.2 Å². The van der Waals surface area contributed by atoms with Crippen LogP contribution in [0.25, 0.3) is 22.2 Å². The number of ether oxygens (including phenoxy) is 2. The Labute approximate surface area is 215 Å². The highest BCUT2D eigenvalue weighted by molar-refractivity contribution is 5.87. The molecule has 0 radical (unpaired) electrons. The van der Waals surface area contributed by atoms with E-state index in [0.717, 1.165) is 17.7 Å². The van der Waals surface area contributed by atoms with Gasteiger partial charge in [-0.2, -0.15) is 0 Å². The summed E-state index contributed by atoms with van der Waals surface area (Å²) in [4.78, 5) is 11.1. The Morgan fingerprint density at radius 1 is 0.892 bits per heavy atom. The number of carboxylic acids is 1. The van der Waals surface area contributed by atoms with E-state index in [0.29, 0.717) is 24.7 Å². The highest BCUT2D eigenvalue weighted by Gasteiger charge is 2.26. The number of carboxylic acid groups (broad SMARTS) is 1. The van der Waals surface area contributed by atoms with E-state index in [9.17, 15) is 4.79 Å². The van der Waals surface area contributed by atoms with Crippen LogP contribution in [0.5, 0.6) is 11.5 Å². The standard InChI is InChI=1S/C32H27NO4/c34-32(35)17-26-21-37-31-18-27(14-15-28(26)31)36-20-23-12-10-22(11-13-23)19-33-29-9-5-4-8-25(29)16-30(33)24-6-2-1-3-7-24/h1-16,18,26H,17,19-21H2,(H,34,35). The molecule has 1 aliphatic heterocycles. The first-order chi connectivity index (χ1) is 18.1. The molecule has 0 bridgehead atoms. The second-order valence-corrected chi connectivity index (χ2v) is 9.45. The molecule has 184 valence electrons. The highest BCUT2D eigenvalue weighted by Crippen LogP contribution is 2.38. The Hall–Kier alpha value is -4.51. The van der Waals surface area contributed by atoms with Crippen molar-refractivity contribution >= 4 is 16.9 Å². The van der Waals surface area contributed by atoms with Crippen molar-refractivity contribution in [3.05, 3.63) is 120 Å². The molecule has 2 heterocycles. The number of aromatic nitrogens is 1. The van der Waals surface area contributed by atoms with Crippen LogP contribution < -0.4 is 9.47 Å². The second kappa shape index (κ2) is 9.86. The fourth-order valence-corrected chi connectivity index (χ4v) is 5.05. The van der Waals surface area contributed by atoms with Crippen molar-refractivity contribution in [2.24, 2.45) is 0 Å². The Bertz CT molecular complexity index is 1550. The second-order valence-electron chi connectivity index (χ2n) is 9.45. The monoisotopic (exact) mass is 489 g/mol. The number of carbonyl (C=O) groups is 1. The van der Waals surface area contributed by atoms with Gasteiger partial charge in [-0.15, -0.1) is 0 Å². The number of nitrogens with zero attached hydrogens (tertiary/aromatic N) is 1. The van der Waals surface area contributed by atoms with E-state index in [-0.39, 0.29) is 12.3 Å². The Kier molecular flexibility index (Phi) is 6.11. The van der Waals surface area contributed by atoms with Crippen LogP contribution in [0.2, 0.25) is 0 Å². The lowest BCUT2D eigenvalue weighted by atomic mass is 9.98. The van der Waals surface area contributed by atoms with Crippen molar-refractivity contribution in [2.45, 2.75) is 25.5 Å². The average Bonchev–Trinajstić information content (AvgIpc) is 3.49. The molecule has 5 nitrogen and oxygen atoms in total. The summed E-state index contributed by atoms with van der Waals surface area (Å²) in [5.74, 6) is 0.512. The molecule has 0 saturated carbocycles. The van der Waals surface area contributed by atoms with Gasteiger partial charge in [0, 0.05) is 40.7 Å². The van der Waals surface area contributed by atoms with E-state index < -0.39 is 5.97 Å². The molecule has 0 fully saturated rings. The number of para-hydroxylation sites is 1. The molecule has 1 aromatic heterocycles. The summed E-state index contributed by atoms with van der Waals surface area (Å²) in [5, 5.41) is 10.3. The molecule has 0 amide bonds. The number of hydrogen-bond acceptors (Lipinski definition) is 3. The van der Waals surface area contributed by atoms with E-state index in [1.54, 1.807) is 0 Å². The molecular weight excluding hydrogens is 462 g/mol. The zero-order valence-corrected chi connectivity index (χ0v) is 20.3. The Morgan fingerprint density at radius 3 is 2.46 bits per heavy atom. The van der Waals surface area contributed by atoms with Gasteiger partial charge in [-0.05, 0) is 34.9 Å². The normalized spacial score (nSPS) is 14.3. The van der Waals surface area contributed by atoms with E-state index in [1.807, 2.05) is 24.3 Å². The fourth-order valence-electron chi connectivity index (χ4n) is 5.05. The van der Waals surface area contributed by atoms with Crippen LogP contribution >= 0.6 is 0 Å². The minimum absolute atomic E-state index is 0.0746. The van der Waals surface area contributed by atoms with Crippen LogP contribution in [0, 0.1) is 0 Å². The number of benzene rings is 4. The fraction of sp³-hybridized carbons (Fsp3) is 0.156. The van der Waals surface area contributed by atoms with Gasteiger partial charge in [0.25, 0.3) is 0 Å². The highest BCUT2D eigenvalue weighted by atomic mass is 16.5. The topological polar surface area (TPSA) is 60.7 Å². The maximum atomic E-state index is 11.1. The van der Waals surface area contributed by atoms with Gasteiger partial charge >= 0.3 is 5.97 Å². The largest absolute Gasteiger partial charge is 0.492 e. The molecular formula is C32H27NO4. The van der Waals surface area contributed by atoms with Crippen LogP contribution in [0.3, 0.4) is 0 Å². The summed E-state index contributed by atoms with van der Waals surface area (Å²) in [5.41, 5.74) is 6.87. The summed E-state index contributed by atoms with van der Waals surface area (Å²) in [6.45, 7) is 1.62. The predicted molar refractivity (Wildman–Crippen MR) is 144 cm³/mol. The quantitative estimate of drug-likeness (QED) is 0.258. The van der Waals surface area contributed by atoms with Crippen molar-refractivity contribution in [1.29, 1.82) is 0 Å². The number of hydrogen-bond donors (Lipinski definition) is 1. The minimum atomic E-state index is -0.813. The van der Waals surface area contributed by atoms with Gasteiger partial charge in [0.2, 0.25) is 0 Å².